The topological polar surface area (TPSA) is 16.3 Å². The molecule has 63 heavy (non-hydrogen) atoms. The van der Waals surface area contributed by atoms with Crippen molar-refractivity contribution in [3.05, 3.63) is 237 Å². The van der Waals surface area contributed by atoms with Gasteiger partial charge < -0.3 is 18.9 Å². The zero-order valence-corrected chi connectivity index (χ0v) is 35.2. The van der Waals surface area contributed by atoms with Crippen molar-refractivity contribution >= 4 is 84.2 Å². The van der Waals surface area contributed by atoms with E-state index in [4.69, 9.17) is 0 Å². The van der Waals surface area contributed by atoms with E-state index in [1.165, 1.54) is 38.1 Å². The largest absolute Gasteiger partial charge is 0.334 e. The highest BCUT2D eigenvalue weighted by Gasteiger charge is 2.26. The Bertz CT molecular complexity index is 3390. The van der Waals surface area contributed by atoms with Crippen LogP contribution in [-0.2, 0) is 0 Å². The van der Waals surface area contributed by atoms with Crippen molar-refractivity contribution in [3.63, 3.8) is 0 Å². The molecular weight excluding hydrogens is 765 g/mol. The Labute approximate surface area is 368 Å². The molecule has 4 heteroatoms. The van der Waals surface area contributed by atoms with E-state index in [0.29, 0.717) is 0 Å². The van der Waals surface area contributed by atoms with Gasteiger partial charge in [-0.3, -0.25) is 0 Å². The first kappa shape index (κ1) is 37.9. The number of hydrogen-bond acceptors (Lipinski definition) is 2. The van der Waals surface area contributed by atoms with Crippen molar-refractivity contribution in [2.45, 2.75) is 13.0 Å². The van der Waals surface area contributed by atoms with Gasteiger partial charge in [-0.1, -0.05) is 123 Å². The lowest BCUT2D eigenvalue weighted by Crippen LogP contribution is -2.35. The van der Waals surface area contributed by atoms with Crippen LogP contribution in [0.2, 0.25) is 0 Å². The molecule has 1 aliphatic rings. The lowest BCUT2D eigenvalue weighted by molar-refractivity contribution is 0.609. The van der Waals surface area contributed by atoms with Gasteiger partial charge in [0.2, 0.25) is 0 Å². The molecule has 0 saturated heterocycles. The highest BCUT2D eigenvalue weighted by atomic mass is 15.2. The minimum atomic E-state index is 0.111. The van der Waals surface area contributed by atoms with Gasteiger partial charge in [-0.05, 0) is 138 Å². The molecule has 0 N–H and O–H groups in total. The summed E-state index contributed by atoms with van der Waals surface area (Å²) in [5.41, 5.74) is 14.7. The van der Waals surface area contributed by atoms with Gasteiger partial charge in [0, 0.05) is 61.4 Å². The molecule has 1 aliphatic carbocycles. The van der Waals surface area contributed by atoms with E-state index < -0.39 is 0 Å². The van der Waals surface area contributed by atoms with Gasteiger partial charge in [-0.15, -0.1) is 0 Å². The molecule has 2 aromatic heterocycles. The third-order valence-corrected chi connectivity index (χ3v) is 12.7. The van der Waals surface area contributed by atoms with E-state index in [1.807, 2.05) is 12.2 Å². The molecule has 0 aliphatic heterocycles. The monoisotopic (exact) mass is 810 g/mol. The second-order valence-corrected chi connectivity index (χ2v) is 16.4. The molecule has 0 bridgehead atoms. The van der Waals surface area contributed by atoms with E-state index >= 15 is 0 Å². The molecule has 302 valence electrons. The summed E-state index contributed by atoms with van der Waals surface area (Å²) in [5.74, 6) is 0.288. The van der Waals surface area contributed by atoms with Crippen molar-refractivity contribution in [1.29, 1.82) is 0 Å². The second kappa shape index (κ2) is 15.7. The first-order chi connectivity index (χ1) is 31.1. The average molecular weight is 811 g/mol. The van der Waals surface area contributed by atoms with Crippen molar-refractivity contribution in [3.8, 4) is 11.4 Å². The van der Waals surface area contributed by atoms with Crippen LogP contribution in [0.5, 0.6) is 0 Å². The predicted molar refractivity (Wildman–Crippen MR) is 270 cm³/mol. The molecule has 0 radical (unpaired) electrons. The minimum absolute atomic E-state index is 0.111. The number of benzene rings is 8. The van der Waals surface area contributed by atoms with Gasteiger partial charge in [-0.2, -0.15) is 0 Å². The molecule has 2 unspecified atom stereocenters. The van der Waals surface area contributed by atoms with Gasteiger partial charge in [0.05, 0.1) is 28.1 Å². The number of aromatic nitrogens is 2. The zero-order chi connectivity index (χ0) is 42.4. The minimum Gasteiger partial charge on any atom is -0.334 e. The second-order valence-electron chi connectivity index (χ2n) is 16.4. The smallest absolute Gasteiger partial charge is 0.0585 e. The normalized spacial score (nSPS) is 14.7. The molecule has 0 amide bonds. The molecule has 2 atom stereocenters. The molecule has 0 spiro atoms. The van der Waals surface area contributed by atoms with E-state index in [0.717, 1.165) is 56.5 Å². The highest BCUT2D eigenvalue weighted by Crippen LogP contribution is 2.43. The SMILES string of the molecule is C=Cc1ccc2c(c1)c1cc(N(c3ccccc3)c3ccc(N(c4ccc5c(c4)c4cc(C=C)ccc4n5-c4ccccc4)C4C=CC=CC4C)cc3)ccc1n2-c1ccccc1. The van der Waals surface area contributed by atoms with Crippen LogP contribution in [0.1, 0.15) is 18.1 Å². The third kappa shape index (κ3) is 6.55. The summed E-state index contributed by atoms with van der Waals surface area (Å²) < 4.78 is 4.74. The highest BCUT2D eigenvalue weighted by molar-refractivity contribution is 6.12. The van der Waals surface area contributed by atoms with Crippen molar-refractivity contribution in [2.24, 2.45) is 5.92 Å². The van der Waals surface area contributed by atoms with Gasteiger partial charge >= 0.3 is 0 Å². The summed E-state index contributed by atoms with van der Waals surface area (Å²) in [5, 5.41) is 4.80. The van der Waals surface area contributed by atoms with Crippen LogP contribution in [0.3, 0.4) is 0 Å². The van der Waals surface area contributed by atoms with Crippen LogP contribution in [0.4, 0.5) is 28.4 Å². The lowest BCUT2D eigenvalue weighted by Gasteiger charge is -2.36. The maximum absolute atomic E-state index is 4.10. The van der Waals surface area contributed by atoms with Crippen LogP contribution >= 0.6 is 0 Å². The fraction of sp³-hybridized carbons (Fsp3) is 0.0508. The van der Waals surface area contributed by atoms with Crippen LogP contribution in [0.25, 0.3) is 67.1 Å². The van der Waals surface area contributed by atoms with Crippen molar-refractivity contribution in [1.82, 2.24) is 9.13 Å². The van der Waals surface area contributed by atoms with E-state index in [1.54, 1.807) is 0 Å². The maximum Gasteiger partial charge on any atom is 0.0585 e. The first-order valence-corrected chi connectivity index (χ1v) is 21.7. The van der Waals surface area contributed by atoms with Crippen LogP contribution in [-0.4, -0.2) is 15.2 Å². The summed E-state index contributed by atoms with van der Waals surface area (Å²) in [6.07, 6.45) is 12.9. The zero-order valence-electron chi connectivity index (χ0n) is 35.2. The quantitative estimate of drug-likeness (QED) is 0.137. The van der Waals surface area contributed by atoms with Crippen LogP contribution in [0.15, 0.2) is 226 Å². The molecule has 0 saturated carbocycles. The standard InChI is InChI=1S/C59H46N4/c1-4-42-25-33-56-51(37-42)53-39-49(31-35-58(53)62(56)45-20-11-7-12-21-45)60(44-18-9-6-10-19-44)47-27-29-48(30-28-47)61(55-24-16-15-17-41(55)3)50-32-36-59-54(40-50)52-38-43(5-2)26-34-57(52)63(59)46-22-13-8-14-23-46/h4-41,55H,1-2H2,3H3. The molecule has 0 fully saturated rings. The number of nitrogens with zero attached hydrogens (tertiary/aromatic N) is 4. The Kier molecular flexibility index (Phi) is 9.47. The Hall–Kier alpha value is -8.08. The fourth-order valence-electron chi connectivity index (χ4n) is 9.62. The molecule has 2 heterocycles. The molecule has 10 aromatic rings. The van der Waals surface area contributed by atoms with E-state index in [-0.39, 0.29) is 12.0 Å². The predicted octanol–water partition coefficient (Wildman–Crippen LogP) is 15.9. The number of fused-ring (bicyclic) bond motifs is 6. The van der Waals surface area contributed by atoms with E-state index in [2.05, 4.69) is 251 Å². The summed E-state index contributed by atoms with van der Waals surface area (Å²) in [4.78, 5) is 4.87. The molecule has 8 aromatic carbocycles. The van der Waals surface area contributed by atoms with Crippen molar-refractivity contribution in [2.75, 3.05) is 9.80 Å². The first-order valence-electron chi connectivity index (χ1n) is 21.7. The van der Waals surface area contributed by atoms with Gasteiger partial charge in [-0.25, -0.2) is 0 Å². The Morgan fingerprint density at radius 1 is 0.413 bits per heavy atom. The molecular formula is C59H46N4. The van der Waals surface area contributed by atoms with Crippen LogP contribution in [0, 0.1) is 5.92 Å². The Balaban J connectivity index is 1.05. The molecule has 4 nitrogen and oxygen atoms in total. The number of para-hydroxylation sites is 3. The number of allylic oxidation sites excluding steroid dienone is 2. The van der Waals surface area contributed by atoms with Gasteiger partial charge in [0.1, 0.15) is 0 Å². The lowest BCUT2D eigenvalue weighted by atomic mass is 9.94. The van der Waals surface area contributed by atoms with Crippen molar-refractivity contribution < 1.29 is 0 Å². The van der Waals surface area contributed by atoms with E-state index in [9.17, 15) is 0 Å². The van der Waals surface area contributed by atoms with Crippen LogP contribution < -0.4 is 9.80 Å². The summed E-state index contributed by atoms with van der Waals surface area (Å²) in [6.45, 7) is 10.5. The number of rotatable bonds is 10. The number of anilines is 5. The third-order valence-electron chi connectivity index (χ3n) is 12.7. The summed E-state index contributed by atoms with van der Waals surface area (Å²) in [6, 6.07) is 68.3. The Morgan fingerprint density at radius 3 is 1.35 bits per heavy atom. The molecule has 11 rings (SSSR count). The summed E-state index contributed by atoms with van der Waals surface area (Å²) in [7, 11) is 0. The summed E-state index contributed by atoms with van der Waals surface area (Å²) >= 11 is 0. The average Bonchev–Trinajstić information content (AvgIpc) is 3.85. The van der Waals surface area contributed by atoms with Gasteiger partial charge in [0.15, 0.2) is 0 Å². The fourth-order valence-corrected chi connectivity index (χ4v) is 9.62. The Morgan fingerprint density at radius 2 is 0.825 bits per heavy atom. The van der Waals surface area contributed by atoms with Gasteiger partial charge in [0.25, 0.3) is 0 Å². The number of hydrogen-bond donors (Lipinski definition) is 0. The maximum atomic E-state index is 4.10.